The molecule has 0 saturated carbocycles. The molecule has 1 aliphatic heterocycles. The van der Waals surface area contributed by atoms with E-state index < -0.39 is 5.79 Å². The maximum absolute atomic E-state index is 11.7. The van der Waals surface area contributed by atoms with Gasteiger partial charge >= 0.3 is 0 Å². The smallest absolute Gasteiger partial charge is 0.287 e. The third-order valence-electron chi connectivity index (χ3n) is 2.35. The van der Waals surface area contributed by atoms with E-state index in [9.17, 15) is 4.79 Å². The Labute approximate surface area is 108 Å². The zero-order chi connectivity index (χ0) is 12.5. The van der Waals surface area contributed by atoms with Crippen LogP contribution in [0.25, 0.3) is 0 Å². The molecule has 0 aromatic carbocycles. The Morgan fingerprint density at radius 1 is 1.59 bits per heavy atom. The molecule has 1 saturated heterocycles. The molecule has 1 N–H and O–H groups in total. The second-order valence-electron chi connectivity index (χ2n) is 4.26. The second kappa shape index (κ2) is 4.80. The number of furan rings is 1. The van der Waals surface area contributed by atoms with Crippen molar-refractivity contribution in [3.8, 4) is 0 Å². The van der Waals surface area contributed by atoms with Crippen LogP contribution >= 0.6 is 15.9 Å². The van der Waals surface area contributed by atoms with E-state index in [0.717, 1.165) is 0 Å². The topological polar surface area (TPSA) is 60.7 Å². The summed E-state index contributed by atoms with van der Waals surface area (Å²) in [6.45, 7) is 4.58. The van der Waals surface area contributed by atoms with Crippen LogP contribution in [0.5, 0.6) is 0 Å². The molecule has 1 unspecified atom stereocenters. The molecule has 1 aromatic heterocycles. The van der Waals surface area contributed by atoms with E-state index in [1.54, 1.807) is 12.1 Å². The van der Waals surface area contributed by atoms with Crippen molar-refractivity contribution in [2.75, 3.05) is 13.2 Å². The number of hydrogen-bond donors (Lipinski definition) is 1. The fraction of sp³-hybridized carbons (Fsp3) is 0.545. The average Bonchev–Trinajstić information content (AvgIpc) is 2.81. The highest BCUT2D eigenvalue weighted by Crippen LogP contribution is 2.21. The number of carbonyl (C=O) groups excluding carboxylic acids is 1. The van der Waals surface area contributed by atoms with Gasteiger partial charge in [0.25, 0.3) is 5.91 Å². The van der Waals surface area contributed by atoms with Crippen LogP contribution in [0.1, 0.15) is 24.4 Å². The van der Waals surface area contributed by atoms with E-state index in [4.69, 9.17) is 13.9 Å². The normalized spacial score (nSPS) is 22.6. The first-order valence-electron chi connectivity index (χ1n) is 5.31. The van der Waals surface area contributed by atoms with Crippen LogP contribution in [-0.2, 0) is 9.47 Å². The van der Waals surface area contributed by atoms with Gasteiger partial charge in [-0.1, -0.05) is 0 Å². The van der Waals surface area contributed by atoms with Gasteiger partial charge in [0, 0.05) is 6.54 Å². The molecule has 94 valence electrons. The van der Waals surface area contributed by atoms with Gasteiger partial charge in [-0.05, 0) is 41.9 Å². The molecule has 1 aliphatic rings. The summed E-state index contributed by atoms with van der Waals surface area (Å²) in [5, 5.41) is 2.73. The SMILES string of the molecule is CC1(C)OCC(CNC(=O)c2ccc(Br)o2)O1. The minimum Gasteiger partial charge on any atom is -0.444 e. The van der Waals surface area contributed by atoms with Crippen LogP contribution in [0.2, 0.25) is 0 Å². The predicted molar refractivity (Wildman–Crippen MR) is 63.6 cm³/mol. The van der Waals surface area contributed by atoms with Crippen molar-refractivity contribution in [3.63, 3.8) is 0 Å². The third kappa shape index (κ3) is 3.31. The van der Waals surface area contributed by atoms with Crippen molar-refractivity contribution in [3.05, 3.63) is 22.6 Å². The molecular formula is C11H14BrNO4. The predicted octanol–water partition coefficient (Wildman–Crippen LogP) is 1.92. The van der Waals surface area contributed by atoms with E-state index in [1.807, 2.05) is 13.8 Å². The number of ether oxygens (including phenoxy) is 2. The van der Waals surface area contributed by atoms with Crippen LogP contribution in [0, 0.1) is 0 Å². The van der Waals surface area contributed by atoms with E-state index in [0.29, 0.717) is 17.8 Å². The largest absolute Gasteiger partial charge is 0.444 e. The van der Waals surface area contributed by atoms with Crippen molar-refractivity contribution in [1.82, 2.24) is 5.32 Å². The summed E-state index contributed by atoms with van der Waals surface area (Å²) in [6.07, 6.45) is -0.118. The van der Waals surface area contributed by atoms with E-state index in [1.165, 1.54) is 0 Å². The standard InChI is InChI=1S/C11H14BrNO4/c1-11(2)15-6-7(17-11)5-13-10(14)8-3-4-9(12)16-8/h3-4,7H,5-6H2,1-2H3,(H,13,14). The minimum atomic E-state index is -0.566. The van der Waals surface area contributed by atoms with Gasteiger partial charge in [-0.2, -0.15) is 0 Å². The molecule has 0 spiro atoms. The first kappa shape index (κ1) is 12.6. The fourth-order valence-corrected chi connectivity index (χ4v) is 1.90. The molecule has 2 rings (SSSR count). The van der Waals surface area contributed by atoms with E-state index in [-0.39, 0.29) is 17.8 Å². The average molecular weight is 304 g/mol. The van der Waals surface area contributed by atoms with Gasteiger partial charge in [0.15, 0.2) is 16.2 Å². The molecule has 1 amide bonds. The Morgan fingerprint density at radius 2 is 2.35 bits per heavy atom. The highest BCUT2D eigenvalue weighted by molar-refractivity contribution is 9.10. The van der Waals surface area contributed by atoms with Gasteiger partial charge in [0.1, 0.15) is 6.10 Å². The van der Waals surface area contributed by atoms with Gasteiger partial charge in [-0.15, -0.1) is 0 Å². The van der Waals surface area contributed by atoms with Crippen LogP contribution < -0.4 is 5.32 Å². The maximum atomic E-state index is 11.7. The third-order valence-corrected chi connectivity index (χ3v) is 2.78. The number of rotatable bonds is 3. The fourth-order valence-electron chi connectivity index (χ4n) is 1.59. The van der Waals surface area contributed by atoms with Crippen molar-refractivity contribution in [1.29, 1.82) is 0 Å². The highest BCUT2D eigenvalue weighted by Gasteiger charge is 2.32. The second-order valence-corrected chi connectivity index (χ2v) is 5.05. The molecule has 1 fully saturated rings. The van der Waals surface area contributed by atoms with E-state index >= 15 is 0 Å². The van der Waals surface area contributed by atoms with Gasteiger partial charge in [-0.3, -0.25) is 4.79 Å². The summed E-state index contributed by atoms with van der Waals surface area (Å²) in [6, 6.07) is 3.28. The molecule has 0 radical (unpaired) electrons. The van der Waals surface area contributed by atoms with Crippen LogP contribution in [-0.4, -0.2) is 30.9 Å². The number of halogens is 1. The summed E-state index contributed by atoms with van der Waals surface area (Å²) in [4.78, 5) is 11.7. The Hall–Kier alpha value is -0.850. The number of hydrogen-bond acceptors (Lipinski definition) is 4. The molecule has 5 nitrogen and oxygen atoms in total. The first-order chi connectivity index (χ1) is 7.96. The quantitative estimate of drug-likeness (QED) is 0.927. The lowest BCUT2D eigenvalue weighted by Gasteiger charge is -2.17. The summed E-state index contributed by atoms with van der Waals surface area (Å²) >= 11 is 3.14. The zero-order valence-corrected chi connectivity index (χ0v) is 11.2. The molecule has 2 heterocycles. The molecule has 1 aromatic rings. The number of carbonyl (C=O) groups is 1. The Balaban J connectivity index is 1.81. The monoisotopic (exact) mass is 303 g/mol. The Morgan fingerprint density at radius 3 is 2.88 bits per heavy atom. The maximum Gasteiger partial charge on any atom is 0.287 e. The number of nitrogens with one attached hydrogen (secondary N) is 1. The summed E-state index contributed by atoms with van der Waals surface area (Å²) in [5.74, 6) is -0.553. The van der Waals surface area contributed by atoms with Crippen molar-refractivity contribution < 1.29 is 18.7 Å². The highest BCUT2D eigenvalue weighted by atomic mass is 79.9. The minimum absolute atomic E-state index is 0.118. The molecule has 0 bridgehead atoms. The van der Waals surface area contributed by atoms with Crippen LogP contribution in [0.4, 0.5) is 0 Å². The summed E-state index contributed by atoms with van der Waals surface area (Å²) in [7, 11) is 0. The molecule has 0 aliphatic carbocycles. The van der Waals surface area contributed by atoms with Gasteiger partial charge in [-0.25, -0.2) is 0 Å². The molecular weight excluding hydrogens is 290 g/mol. The summed E-state index contributed by atoms with van der Waals surface area (Å²) < 4.78 is 16.6. The Kier molecular flexibility index (Phi) is 3.56. The lowest BCUT2D eigenvalue weighted by atomic mass is 10.3. The van der Waals surface area contributed by atoms with Crippen molar-refractivity contribution in [2.24, 2.45) is 0 Å². The zero-order valence-electron chi connectivity index (χ0n) is 9.66. The Bertz CT molecular complexity index is 415. The molecule has 6 heteroatoms. The van der Waals surface area contributed by atoms with Crippen molar-refractivity contribution >= 4 is 21.8 Å². The number of amides is 1. The van der Waals surface area contributed by atoms with Crippen molar-refractivity contribution in [2.45, 2.75) is 25.7 Å². The van der Waals surface area contributed by atoms with E-state index in [2.05, 4.69) is 21.2 Å². The van der Waals surface area contributed by atoms with Gasteiger partial charge in [0.2, 0.25) is 0 Å². The van der Waals surface area contributed by atoms with Gasteiger partial charge in [0.05, 0.1) is 6.61 Å². The molecule has 17 heavy (non-hydrogen) atoms. The first-order valence-corrected chi connectivity index (χ1v) is 6.11. The van der Waals surface area contributed by atoms with Crippen LogP contribution in [0.3, 0.4) is 0 Å². The van der Waals surface area contributed by atoms with Crippen LogP contribution in [0.15, 0.2) is 21.2 Å². The summed E-state index contributed by atoms with van der Waals surface area (Å²) in [5.41, 5.74) is 0. The lowest BCUT2D eigenvalue weighted by Crippen LogP contribution is -2.34. The molecule has 1 atom stereocenters. The van der Waals surface area contributed by atoms with Gasteiger partial charge < -0.3 is 19.2 Å². The lowest BCUT2D eigenvalue weighted by molar-refractivity contribution is -0.137.